The number of methoxy groups -OCH3 is 1. The van der Waals surface area contributed by atoms with Gasteiger partial charge >= 0.3 is 12.2 Å². The molecule has 2 aliphatic heterocycles. The predicted molar refractivity (Wildman–Crippen MR) is 163 cm³/mol. The smallest absolute Gasteiger partial charge is 0.408 e. The lowest BCUT2D eigenvalue weighted by Gasteiger charge is -2.44. The van der Waals surface area contributed by atoms with Gasteiger partial charge in [0, 0.05) is 62.9 Å². The van der Waals surface area contributed by atoms with E-state index < -0.39 is 55.5 Å². The first-order valence-electron chi connectivity index (χ1n) is 15.0. The molecule has 250 valence electrons. The minimum Gasteiger partial charge on any atom is -0.494 e. The third kappa shape index (κ3) is 6.95. The number of nitrogens with zero attached hydrogens (tertiary/aromatic N) is 6. The van der Waals surface area contributed by atoms with Crippen molar-refractivity contribution in [3.63, 3.8) is 0 Å². The Kier molecular flexibility index (Phi) is 9.29. The van der Waals surface area contributed by atoms with E-state index in [9.17, 15) is 31.5 Å². The summed E-state index contributed by atoms with van der Waals surface area (Å²) in [5.74, 6) is -2.92. The van der Waals surface area contributed by atoms with Gasteiger partial charge in [0.25, 0.3) is 0 Å². The number of benzene rings is 1. The van der Waals surface area contributed by atoms with Gasteiger partial charge in [0.05, 0.1) is 30.7 Å². The van der Waals surface area contributed by atoms with Gasteiger partial charge in [-0.15, -0.1) is 0 Å². The minimum atomic E-state index is -4.70. The lowest BCUT2D eigenvalue weighted by Crippen LogP contribution is -2.58. The molecule has 1 aromatic heterocycles. The molecule has 3 aliphatic rings. The summed E-state index contributed by atoms with van der Waals surface area (Å²) < 4.78 is 74.9. The number of piperazine rings is 1. The lowest BCUT2D eigenvalue weighted by molar-refractivity contribution is -0.172. The Morgan fingerprint density at radius 3 is 2.43 bits per heavy atom. The lowest BCUT2D eigenvalue weighted by atomic mass is 9.90. The highest BCUT2D eigenvalue weighted by Crippen LogP contribution is 2.42. The number of anilines is 5. The quantitative estimate of drug-likeness (QED) is 0.290. The highest BCUT2D eigenvalue weighted by Gasteiger charge is 2.48. The van der Waals surface area contributed by atoms with E-state index >= 15 is 0 Å². The van der Waals surface area contributed by atoms with Crippen LogP contribution in [0.5, 0.6) is 5.75 Å². The topological polar surface area (TPSA) is 106 Å². The Balaban J connectivity index is 1.51. The zero-order chi connectivity index (χ0) is 33.4. The van der Waals surface area contributed by atoms with Crippen molar-refractivity contribution in [2.24, 2.45) is 0 Å². The summed E-state index contributed by atoms with van der Waals surface area (Å²) in [5.41, 5.74) is 1.79. The Morgan fingerprint density at radius 2 is 1.83 bits per heavy atom. The number of fused-ring (bicyclic) bond motifs is 1. The van der Waals surface area contributed by atoms with Gasteiger partial charge in [-0.25, -0.2) is 18.6 Å². The molecule has 46 heavy (non-hydrogen) atoms. The molecule has 16 heteroatoms. The monoisotopic (exact) mass is 652 g/mol. The van der Waals surface area contributed by atoms with Crippen LogP contribution in [0.25, 0.3) is 0 Å². The highest BCUT2D eigenvalue weighted by atomic mass is 19.4. The summed E-state index contributed by atoms with van der Waals surface area (Å²) in [6, 6.07) is -0.448. The first kappa shape index (κ1) is 33.2. The van der Waals surface area contributed by atoms with E-state index in [0.29, 0.717) is 35.1 Å². The molecule has 2 aromatic rings. The maximum atomic E-state index is 14.0. The summed E-state index contributed by atoms with van der Waals surface area (Å²) in [4.78, 5) is 40.9. The van der Waals surface area contributed by atoms with E-state index in [1.807, 2.05) is 7.05 Å². The molecule has 2 fully saturated rings. The molecule has 1 aliphatic carbocycles. The van der Waals surface area contributed by atoms with Gasteiger partial charge in [-0.2, -0.15) is 18.2 Å². The average molecular weight is 653 g/mol. The second kappa shape index (κ2) is 12.9. The minimum absolute atomic E-state index is 0.0124. The summed E-state index contributed by atoms with van der Waals surface area (Å²) in [6.07, 6.45) is -3.45. The number of hydrogen-bond acceptors (Lipinski definition) is 8. The van der Waals surface area contributed by atoms with Crippen LogP contribution in [0.15, 0.2) is 31.0 Å². The number of halogens is 5. The summed E-state index contributed by atoms with van der Waals surface area (Å²) >= 11 is 0. The predicted octanol–water partition coefficient (Wildman–Crippen LogP) is 5.38. The molecule has 1 aromatic carbocycles. The molecule has 2 N–H and O–H groups in total. The zero-order valence-electron chi connectivity index (χ0n) is 25.8. The van der Waals surface area contributed by atoms with Crippen molar-refractivity contribution in [2.45, 2.75) is 63.3 Å². The van der Waals surface area contributed by atoms with Gasteiger partial charge in [-0.3, -0.25) is 9.69 Å². The number of nitrogens with one attached hydrogen (secondary N) is 2. The maximum absolute atomic E-state index is 14.0. The Hall–Kier alpha value is -4.21. The van der Waals surface area contributed by atoms with Crippen LogP contribution in [0.4, 0.5) is 55.6 Å². The molecule has 1 saturated heterocycles. The van der Waals surface area contributed by atoms with E-state index in [2.05, 4.69) is 37.0 Å². The van der Waals surface area contributed by atoms with E-state index in [1.165, 1.54) is 13.3 Å². The molecule has 3 heterocycles. The van der Waals surface area contributed by atoms with E-state index in [-0.39, 0.29) is 30.2 Å². The van der Waals surface area contributed by atoms with Crippen LogP contribution in [-0.4, -0.2) is 96.2 Å². The van der Waals surface area contributed by atoms with Gasteiger partial charge in [-0.05, 0) is 39.0 Å². The molecule has 1 atom stereocenters. The number of urea groups is 1. The molecule has 0 unspecified atom stereocenters. The molecule has 0 spiro atoms. The van der Waals surface area contributed by atoms with Crippen LogP contribution in [0, 0.1) is 0 Å². The van der Waals surface area contributed by atoms with Gasteiger partial charge < -0.3 is 30.1 Å². The number of likely N-dealkylation sites (N-methyl/N-ethyl adjacent to an activating group) is 1. The normalized spacial score (nSPS) is 19.8. The molecule has 3 amide bonds. The molecule has 5 rings (SSSR count). The number of aromatic nitrogens is 2. The van der Waals surface area contributed by atoms with Gasteiger partial charge in [0.15, 0.2) is 0 Å². The molecule has 0 radical (unpaired) electrons. The van der Waals surface area contributed by atoms with Crippen molar-refractivity contribution < 1.29 is 36.3 Å². The third-order valence-corrected chi connectivity index (χ3v) is 8.71. The summed E-state index contributed by atoms with van der Waals surface area (Å²) in [6.45, 7) is 7.04. The number of carbonyl (C=O) groups excluding carboxylic acids is 2. The second-order valence-electron chi connectivity index (χ2n) is 11.8. The molecular weight excluding hydrogens is 615 g/mol. The van der Waals surface area contributed by atoms with Crippen molar-refractivity contribution >= 4 is 40.8 Å². The Morgan fingerprint density at radius 1 is 1.15 bits per heavy atom. The molecule has 0 bridgehead atoms. The van der Waals surface area contributed by atoms with Crippen molar-refractivity contribution in [1.82, 2.24) is 19.8 Å². The van der Waals surface area contributed by atoms with Crippen molar-refractivity contribution in [3.05, 3.63) is 36.5 Å². The fourth-order valence-electron chi connectivity index (χ4n) is 5.90. The fraction of sp³-hybridized carbons (Fsp3) is 0.533. The van der Waals surface area contributed by atoms with Gasteiger partial charge in [0.1, 0.15) is 17.6 Å². The number of amides is 3. The summed E-state index contributed by atoms with van der Waals surface area (Å²) in [5, 5.41) is 5.88. The number of rotatable bonds is 8. The van der Waals surface area contributed by atoms with Crippen LogP contribution >= 0.6 is 0 Å². The number of alkyl halides is 5. The third-order valence-electron chi connectivity index (χ3n) is 8.71. The number of ether oxygens (including phenoxy) is 1. The fourth-order valence-corrected chi connectivity index (χ4v) is 5.90. The van der Waals surface area contributed by atoms with Gasteiger partial charge in [0.2, 0.25) is 17.8 Å². The van der Waals surface area contributed by atoms with E-state index in [4.69, 9.17) is 4.74 Å². The molecule has 1 saturated carbocycles. The first-order chi connectivity index (χ1) is 21.7. The largest absolute Gasteiger partial charge is 0.494 e. The van der Waals surface area contributed by atoms with Crippen LogP contribution in [0.3, 0.4) is 0 Å². The van der Waals surface area contributed by atoms with Crippen molar-refractivity contribution in [2.75, 3.05) is 60.8 Å². The number of hydrogen-bond donors (Lipinski definition) is 2. The zero-order valence-corrected chi connectivity index (χ0v) is 25.8. The Labute approximate surface area is 263 Å². The van der Waals surface area contributed by atoms with Crippen LogP contribution < -0.4 is 25.2 Å². The highest BCUT2D eigenvalue weighted by molar-refractivity contribution is 6.02. The molecular formula is C30H37F5N8O3. The van der Waals surface area contributed by atoms with Crippen LogP contribution in [0.1, 0.15) is 38.2 Å². The van der Waals surface area contributed by atoms with Gasteiger partial charge in [-0.1, -0.05) is 6.58 Å². The first-order valence-corrected chi connectivity index (χ1v) is 15.0. The average Bonchev–Trinajstić information content (AvgIpc) is 3.01. The van der Waals surface area contributed by atoms with E-state index in [1.54, 1.807) is 12.1 Å². The summed E-state index contributed by atoms with van der Waals surface area (Å²) in [7, 11) is 3.50. The van der Waals surface area contributed by atoms with Crippen LogP contribution in [-0.2, 0) is 11.3 Å². The maximum Gasteiger partial charge on any atom is 0.408 e. The second-order valence-corrected chi connectivity index (χ2v) is 11.8. The van der Waals surface area contributed by atoms with Crippen LogP contribution in [0.2, 0.25) is 0 Å². The number of carbonyl (C=O) groups is 2. The molecule has 11 nitrogen and oxygen atoms in total. The SMILES string of the molecule is C=CC(=O)Nc1cc(Nc2ncc3c(n2)N(C2CCC(F)(F)CC2)C(=O)N([C@H](C)C(F)(F)F)C3)c(OC)cc1N1CCN(C)CC1. The Bertz CT molecular complexity index is 1470. The van der Waals surface area contributed by atoms with E-state index in [0.717, 1.165) is 36.7 Å². The van der Waals surface area contributed by atoms with Crippen molar-refractivity contribution in [1.29, 1.82) is 0 Å². The standard InChI is InChI=1S/C30H37F5N8O3/c1-5-25(44)37-21-14-22(24(46-4)15-23(21)41-12-10-40(3)11-13-41)38-27-36-16-19-17-42(18(2)30(33,34)35)28(45)43(26(19)39-27)20-6-8-29(31,32)9-7-20/h5,14-16,18,20H,1,6-13,17H2,2-4H3,(H,37,44)(H,36,38,39)/t18-/m1/s1. The van der Waals surface area contributed by atoms with Crippen molar-refractivity contribution in [3.8, 4) is 5.75 Å².